The van der Waals surface area contributed by atoms with Gasteiger partial charge in [-0.1, -0.05) is 6.07 Å². The molecule has 7 heteroatoms. The predicted molar refractivity (Wildman–Crippen MR) is 61.2 cm³/mol. The molecule has 0 aliphatic carbocycles. The zero-order chi connectivity index (χ0) is 11.8. The summed E-state index contributed by atoms with van der Waals surface area (Å²) in [4.78, 5) is 5.39. The molecule has 1 aromatic heterocycles. The molecule has 0 atom stereocenters. The van der Waals surface area contributed by atoms with E-state index in [1.54, 1.807) is 11.0 Å². The van der Waals surface area contributed by atoms with Gasteiger partial charge < -0.3 is 10.6 Å². The van der Waals surface area contributed by atoms with Crippen molar-refractivity contribution >= 4 is 18.2 Å². The first-order chi connectivity index (χ1) is 7.50. The van der Waals surface area contributed by atoms with Crippen molar-refractivity contribution in [2.24, 2.45) is 11.7 Å². The fourth-order valence-corrected chi connectivity index (χ4v) is 1.66. The maximum atomic E-state index is 12.4. The number of rotatable bonds is 2. The van der Waals surface area contributed by atoms with Crippen molar-refractivity contribution in [2.75, 3.05) is 24.5 Å². The zero-order valence-corrected chi connectivity index (χ0v) is 9.76. The van der Waals surface area contributed by atoms with Crippen LogP contribution in [0.15, 0.2) is 18.2 Å². The lowest BCUT2D eigenvalue weighted by Crippen LogP contribution is -2.50. The van der Waals surface area contributed by atoms with Crippen molar-refractivity contribution < 1.29 is 13.2 Å². The van der Waals surface area contributed by atoms with Crippen LogP contribution in [0.2, 0.25) is 0 Å². The number of hydrogen-bond acceptors (Lipinski definition) is 3. The highest BCUT2D eigenvalue weighted by molar-refractivity contribution is 5.85. The van der Waals surface area contributed by atoms with Crippen LogP contribution in [0.3, 0.4) is 0 Å². The molecule has 0 radical (unpaired) electrons. The molecule has 1 aromatic rings. The average molecular weight is 268 g/mol. The Labute approximate surface area is 103 Å². The Balaban J connectivity index is 0.00000144. The van der Waals surface area contributed by atoms with Gasteiger partial charge in [0.1, 0.15) is 11.5 Å². The van der Waals surface area contributed by atoms with E-state index in [9.17, 15) is 13.2 Å². The Morgan fingerprint density at radius 3 is 2.53 bits per heavy atom. The molecule has 2 N–H and O–H groups in total. The van der Waals surface area contributed by atoms with Crippen LogP contribution in [0.5, 0.6) is 0 Å². The number of anilines is 1. The second kappa shape index (κ2) is 5.10. The van der Waals surface area contributed by atoms with Gasteiger partial charge >= 0.3 is 6.18 Å². The minimum absolute atomic E-state index is 0. The van der Waals surface area contributed by atoms with E-state index in [0.717, 1.165) is 6.07 Å². The number of alkyl halides is 3. The molecule has 3 nitrogen and oxygen atoms in total. The number of nitrogens with zero attached hydrogens (tertiary/aromatic N) is 2. The Kier molecular flexibility index (Phi) is 4.21. The van der Waals surface area contributed by atoms with Crippen molar-refractivity contribution in [1.82, 2.24) is 4.98 Å². The van der Waals surface area contributed by atoms with E-state index in [-0.39, 0.29) is 12.4 Å². The largest absolute Gasteiger partial charge is 0.433 e. The van der Waals surface area contributed by atoms with Crippen molar-refractivity contribution in [2.45, 2.75) is 6.18 Å². The summed E-state index contributed by atoms with van der Waals surface area (Å²) in [6.07, 6.45) is -4.38. The third-order valence-corrected chi connectivity index (χ3v) is 2.64. The molecule has 0 saturated carbocycles. The van der Waals surface area contributed by atoms with Crippen molar-refractivity contribution in [3.8, 4) is 0 Å². The van der Waals surface area contributed by atoms with Crippen LogP contribution in [0.4, 0.5) is 19.0 Å². The molecular formula is C10H13ClF3N3. The molecule has 96 valence electrons. The van der Waals surface area contributed by atoms with Gasteiger partial charge in [-0.25, -0.2) is 4.98 Å². The summed E-state index contributed by atoms with van der Waals surface area (Å²) < 4.78 is 37.2. The molecule has 17 heavy (non-hydrogen) atoms. The second-order valence-corrected chi connectivity index (χ2v) is 3.89. The highest BCUT2D eigenvalue weighted by atomic mass is 35.5. The third kappa shape index (κ3) is 3.01. The number of nitrogens with two attached hydrogens (primary N) is 1. The lowest BCUT2D eigenvalue weighted by Gasteiger charge is -2.39. The molecule has 0 amide bonds. The van der Waals surface area contributed by atoms with E-state index in [2.05, 4.69) is 4.98 Å². The summed E-state index contributed by atoms with van der Waals surface area (Å²) >= 11 is 0. The van der Waals surface area contributed by atoms with Gasteiger partial charge in [-0.2, -0.15) is 13.2 Å². The van der Waals surface area contributed by atoms with Crippen molar-refractivity contribution in [3.63, 3.8) is 0 Å². The summed E-state index contributed by atoms with van der Waals surface area (Å²) in [6.45, 7) is 1.94. The fraction of sp³-hybridized carbons (Fsp3) is 0.500. The Bertz CT molecular complexity index is 377. The van der Waals surface area contributed by atoms with E-state index in [4.69, 9.17) is 5.73 Å². The molecule has 0 spiro atoms. The van der Waals surface area contributed by atoms with Crippen LogP contribution < -0.4 is 10.6 Å². The first-order valence-corrected chi connectivity index (χ1v) is 5.00. The standard InChI is InChI=1S/C10H12F3N3.ClH/c11-10(12,13)8-2-1-3-9(15-8)16-5-7(4-14)6-16;/h1-3,7H,4-6,14H2;1H. The van der Waals surface area contributed by atoms with Crippen LogP contribution in [0, 0.1) is 5.92 Å². The summed E-state index contributed by atoms with van der Waals surface area (Å²) in [5, 5.41) is 0. The van der Waals surface area contributed by atoms with Crippen molar-refractivity contribution in [1.29, 1.82) is 0 Å². The van der Waals surface area contributed by atoms with Gasteiger partial charge in [0.2, 0.25) is 0 Å². The van der Waals surface area contributed by atoms with E-state index < -0.39 is 11.9 Å². The Morgan fingerprint density at radius 1 is 1.35 bits per heavy atom. The average Bonchev–Trinajstić information content (AvgIpc) is 2.15. The first-order valence-electron chi connectivity index (χ1n) is 5.00. The normalized spacial score (nSPS) is 16.4. The lowest BCUT2D eigenvalue weighted by molar-refractivity contribution is -0.141. The Morgan fingerprint density at radius 2 is 2.00 bits per heavy atom. The highest BCUT2D eigenvalue weighted by Gasteiger charge is 2.34. The number of hydrogen-bond donors (Lipinski definition) is 1. The smallest absolute Gasteiger partial charge is 0.356 e. The summed E-state index contributed by atoms with van der Waals surface area (Å²) in [5.74, 6) is 0.746. The van der Waals surface area contributed by atoms with E-state index >= 15 is 0 Å². The summed E-state index contributed by atoms with van der Waals surface area (Å²) in [5.41, 5.74) is 4.60. The van der Waals surface area contributed by atoms with Crippen LogP contribution in [0.1, 0.15) is 5.69 Å². The molecule has 0 unspecified atom stereocenters. The molecule has 1 saturated heterocycles. The zero-order valence-electron chi connectivity index (χ0n) is 8.94. The maximum absolute atomic E-state index is 12.4. The van der Waals surface area contributed by atoms with Gasteiger partial charge in [0.05, 0.1) is 0 Å². The van der Waals surface area contributed by atoms with Crippen molar-refractivity contribution in [3.05, 3.63) is 23.9 Å². The topological polar surface area (TPSA) is 42.1 Å². The predicted octanol–water partition coefficient (Wildman–Crippen LogP) is 1.92. The van der Waals surface area contributed by atoms with Gasteiger partial charge in [-0.15, -0.1) is 12.4 Å². The molecule has 1 fully saturated rings. The molecular weight excluding hydrogens is 255 g/mol. The van der Waals surface area contributed by atoms with E-state index in [1.165, 1.54) is 6.07 Å². The lowest BCUT2D eigenvalue weighted by atomic mass is 10.0. The quantitative estimate of drug-likeness (QED) is 0.890. The summed E-state index contributed by atoms with van der Waals surface area (Å²) in [7, 11) is 0. The van der Waals surface area contributed by atoms with Gasteiger partial charge in [-0.3, -0.25) is 0 Å². The van der Waals surface area contributed by atoms with Gasteiger partial charge in [0.25, 0.3) is 0 Å². The number of aromatic nitrogens is 1. The molecule has 0 aromatic carbocycles. The SMILES string of the molecule is Cl.NCC1CN(c2cccc(C(F)(F)F)n2)C1. The first kappa shape index (κ1) is 14.1. The molecule has 1 aliphatic heterocycles. The maximum Gasteiger partial charge on any atom is 0.433 e. The van der Waals surface area contributed by atoms with E-state index in [1.807, 2.05) is 0 Å². The van der Waals surface area contributed by atoms with Crippen LogP contribution in [-0.2, 0) is 6.18 Å². The van der Waals surface area contributed by atoms with Crippen LogP contribution >= 0.6 is 12.4 Å². The Hall–Kier alpha value is -1.01. The third-order valence-electron chi connectivity index (χ3n) is 2.64. The van der Waals surface area contributed by atoms with E-state index in [0.29, 0.717) is 31.4 Å². The highest BCUT2D eigenvalue weighted by Crippen LogP contribution is 2.30. The minimum Gasteiger partial charge on any atom is -0.356 e. The summed E-state index contributed by atoms with van der Waals surface area (Å²) in [6, 6.07) is 3.94. The molecule has 0 bridgehead atoms. The second-order valence-electron chi connectivity index (χ2n) is 3.89. The fourth-order valence-electron chi connectivity index (χ4n) is 1.66. The number of halogens is 4. The molecule has 2 rings (SSSR count). The monoisotopic (exact) mass is 267 g/mol. The van der Waals surface area contributed by atoms with Crippen LogP contribution in [0.25, 0.3) is 0 Å². The minimum atomic E-state index is -4.38. The molecule has 2 heterocycles. The van der Waals surface area contributed by atoms with Gasteiger partial charge in [-0.05, 0) is 18.7 Å². The van der Waals surface area contributed by atoms with Crippen LogP contribution in [-0.4, -0.2) is 24.6 Å². The molecule has 1 aliphatic rings. The number of pyridine rings is 1. The van der Waals surface area contributed by atoms with Gasteiger partial charge in [0.15, 0.2) is 0 Å². The van der Waals surface area contributed by atoms with Gasteiger partial charge in [0, 0.05) is 19.0 Å².